The number of rotatable bonds is 2. The van der Waals surface area contributed by atoms with Gasteiger partial charge in [-0.2, -0.15) is 0 Å². The molecule has 0 unspecified atom stereocenters. The maximum Gasteiger partial charge on any atom is 0.338 e. The number of hydrogen-bond donors (Lipinski definition) is 0. The van der Waals surface area contributed by atoms with Crippen LogP contribution in [0.25, 0.3) is 0 Å². The minimum atomic E-state index is -0.255. The lowest BCUT2D eigenvalue weighted by Gasteiger charge is -2.08. The maximum absolute atomic E-state index is 11.5. The third-order valence-corrected chi connectivity index (χ3v) is 2.59. The molecule has 0 saturated heterocycles. The zero-order valence-electron chi connectivity index (χ0n) is 8.56. The Morgan fingerprint density at radius 3 is 2.64 bits per heavy atom. The topological polar surface area (TPSA) is 26.3 Å². The number of aryl methyl sites for hydroxylation is 1. The van der Waals surface area contributed by atoms with E-state index < -0.39 is 0 Å². The summed E-state index contributed by atoms with van der Waals surface area (Å²) >= 11 is 3.36. The molecule has 0 atom stereocenters. The van der Waals surface area contributed by atoms with E-state index in [1.54, 1.807) is 13.0 Å². The minimum Gasteiger partial charge on any atom is -0.462 e. The van der Waals surface area contributed by atoms with Crippen molar-refractivity contribution in [3.05, 3.63) is 33.3 Å². The Balaban J connectivity index is 3.13. The van der Waals surface area contributed by atoms with Gasteiger partial charge >= 0.3 is 5.97 Å². The average Bonchev–Trinajstić information content (AvgIpc) is 2.11. The monoisotopic (exact) mass is 256 g/mol. The van der Waals surface area contributed by atoms with Crippen molar-refractivity contribution in [2.75, 3.05) is 6.61 Å². The van der Waals surface area contributed by atoms with E-state index in [0.29, 0.717) is 12.2 Å². The first kappa shape index (κ1) is 11.2. The van der Waals surface area contributed by atoms with E-state index in [4.69, 9.17) is 4.74 Å². The van der Waals surface area contributed by atoms with Crippen molar-refractivity contribution in [3.63, 3.8) is 0 Å². The smallest absolute Gasteiger partial charge is 0.338 e. The largest absolute Gasteiger partial charge is 0.462 e. The molecule has 0 aromatic heterocycles. The highest BCUT2D eigenvalue weighted by atomic mass is 79.9. The summed E-state index contributed by atoms with van der Waals surface area (Å²) in [7, 11) is 0. The Morgan fingerprint density at radius 2 is 2.07 bits per heavy atom. The molecule has 3 heteroatoms. The van der Waals surface area contributed by atoms with Crippen molar-refractivity contribution < 1.29 is 9.53 Å². The van der Waals surface area contributed by atoms with Gasteiger partial charge in [-0.3, -0.25) is 0 Å². The summed E-state index contributed by atoms with van der Waals surface area (Å²) < 4.78 is 5.87. The molecule has 0 aliphatic carbocycles. The summed E-state index contributed by atoms with van der Waals surface area (Å²) in [6.07, 6.45) is 0. The van der Waals surface area contributed by atoms with Crippen LogP contribution < -0.4 is 0 Å². The van der Waals surface area contributed by atoms with Gasteiger partial charge in [0.2, 0.25) is 0 Å². The predicted octanol–water partition coefficient (Wildman–Crippen LogP) is 3.24. The number of ether oxygens (including phenoxy) is 1. The quantitative estimate of drug-likeness (QED) is 0.760. The Morgan fingerprint density at radius 1 is 1.43 bits per heavy atom. The van der Waals surface area contributed by atoms with E-state index in [1.807, 2.05) is 19.9 Å². The van der Waals surface area contributed by atoms with Crippen LogP contribution in [0.5, 0.6) is 0 Å². The number of benzene rings is 1. The lowest BCUT2D eigenvalue weighted by Crippen LogP contribution is -2.07. The van der Waals surface area contributed by atoms with E-state index in [2.05, 4.69) is 15.9 Å². The standard InChI is InChI=1S/C11H13BrO2/c1-4-14-11(13)10-6-9(12)5-7(2)8(10)3/h5-6H,4H2,1-3H3. The molecule has 0 fully saturated rings. The molecule has 0 spiro atoms. The molecule has 1 aromatic carbocycles. The number of carbonyl (C=O) groups is 1. The van der Waals surface area contributed by atoms with Crippen molar-refractivity contribution in [1.29, 1.82) is 0 Å². The highest BCUT2D eigenvalue weighted by Gasteiger charge is 2.12. The van der Waals surface area contributed by atoms with Crippen LogP contribution >= 0.6 is 15.9 Å². The number of esters is 1. The van der Waals surface area contributed by atoms with Gasteiger partial charge in [0.1, 0.15) is 0 Å². The van der Waals surface area contributed by atoms with Crippen LogP contribution in [-0.2, 0) is 4.74 Å². The maximum atomic E-state index is 11.5. The number of carbonyl (C=O) groups excluding carboxylic acids is 1. The summed E-state index contributed by atoms with van der Waals surface area (Å²) in [6.45, 7) is 6.11. The fourth-order valence-electron chi connectivity index (χ4n) is 1.24. The molecule has 0 aliphatic heterocycles. The average molecular weight is 257 g/mol. The molecule has 1 rings (SSSR count). The molecule has 14 heavy (non-hydrogen) atoms. The van der Waals surface area contributed by atoms with Crippen molar-refractivity contribution in [3.8, 4) is 0 Å². The van der Waals surface area contributed by atoms with Crippen LogP contribution in [-0.4, -0.2) is 12.6 Å². The highest BCUT2D eigenvalue weighted by molar-refractivity contribution is 9.10. The molecule has 0 saturated carbocycles. The van der Waals surface area contributed by atoms with Gasteiger partial charge in [-0.1, -0.05) is 15.9 Å². The fraction of sp³-hybridized carbons (Fsp3) is 0.364. The van der Waals surface area contributed by atoms with Crippen LogP contribution in [0.15, 0.2) is 16.6 Å². The van der Waals surface area contributed by atoms with Gasteiger partial charge in [0, 0.05) is 4.47 Å². The lowest BCUT2D eigenvalue weighted by molar-refractivity contribution is 0.0525. The molecule has 0 N–H and O–H groups in total. The molecule has 0 heterocycles. The van der Waals surface area contributed by atoms with Gasteiger partial charge in [-0.15, -0.1) is 0 Å². The van der Waals surface area contributed by atoms with Crippen LogP contribution in [0, 0.1) is 13.8 Å². The van der Waals surface area contributed by atoms with Crippen molar-refractivity contribution in [2.45, 2.75) is 20.8 Å². The van der Waals surface area contributed by atoms with E-state index in [9.17, 15) is 4.79 Å². The first-order valence-electron chi connectivity index (χ1n) is 4.50. The van der Waals surface area contributed by atoms with Crippen molar-refractivity contribution >= 4 is 21.9 Å². The van der Waals surface area contributed by atoms with E-state index in [-0.39, 0.29) is 5.97 Å². The van der Waals surface area contributed by atoms with Gasteiger partial charge in [-0.25, -0.2) is 4.79 Å². The number of halogens is 1. The molecule has 0 amide bonds. The van der Waals surface area contributed by atoms with E-state index in [1.165, 1.54) is 0 Å². The van der Waals surface area contributed by atoms with Gasteiger partial charge in [0.05, 0.1) is 12.2 Å². The van der Waals surface area contributed by atoms with Gasteiger partial charge in [0.15, 0.2) is 0 Å². The lowest BCUT2D eigenvalue weighted by atomic mass is 10.0. The second kappa shape index (κ2) is 4.60. The molecule has 0 radical (unpaired) electrons. The third-order valence-electron chi connectivity index (χ3n) is 2.13. The predicted molar refractivity (Wildman–Crippen MR) is 59.6 cm³/mol. The Kier molecular flexibility index (Phi) is 3.69. The second-order valence-electron chi connectivity index (χ2n) is 3.12. The molecule has 1 aromatic rings. The highest BCUT2D eigenvalue weighted by Crippen LogP contribution is 2.20. The summed E-state index contributed by atoms with van der Waals surface area (Å²) in [5.41, 5.74) is 2.70. The van der Waals surface area contributed by atoms with Crippen LogP contribution in [0.4, 0.5) is 0 Å². The fourth-order valence-corrected chi connectivity index (χ4v) is 1.81. The third kappa shape index (κ3) is 2.35. The summed E-state index contributed by atoms with van der Waals surface area (Å²) in [6, 6.07) is 3.78. The Labute approximate surface area is 92.4 Å². The molecule has 76 valence electrons. The summed E-state index contributed by atoms with van der Waals surface area (Å²) in [4.78, 5) is 11.5. The zero-order valence-corrected chi connectivity index (χ0v) is 10.1. The first-order valence-corrected chi connectivity index (χ1v) is 5.29. The van der Waals surface area contributed by atoms with Crippen LogP contribution in [0.1, 0.15) is 28.4 Å². The normalized spacial score (nSPS) is 10.0. The second-order valence-corrected chi connectivity index (χ2v) is 4.03. The van der Waals surface area contributed by atoms with Gasteiger partial charge in [0.25, 0.3) is 0 Å². The minimum absolute atomic E-state index is 0.255. The van der Waals surface area contributed by atoms with Crippen molar-refractivity contribution in [2.24, 2.45) is 0 Å². The first-order chi connectivity index (χ1) is 6.56. The van der Waals surface area contributed by atoms with E-state index >= 15 is 0 Å². The Hall–Kier alpha value is -0.830. The number of hydrogen-bond acceptors (Lipinski definition) is 2. The molecular formula is C11H13BrO2. The van der Waals surface area contributed by atoms with E-state index in [0.717, 1.165) is 15.6 Å². The molecule has 2 nitrogen and oxygen atoms in total. The van der Waals surface area contributed by atoms with Gasteiger partial charge < -0.3 is 4.74 Å². The molecular weight excluding hydrogens is 244 g/mol. The zero-order chi connectivity index (χ0) is 10.7. The molecule has 0 aliphatic rings. The van der Waals surface area contributed by atoms with Crippen molar-refractivity contribution in [1.82, 2.24) is 0 Å². The SMILES string of the molecule is CCOC(=O)c1cc(Br)cc(C)c1C. The Bertz CT molecular complexity index is 359. The summed E-state index contributed by atoms with van der Waals surface area (Å²) in [5, 5.41) is 0. The summed E-state index contributed by atoms with van der Waals surface area (Å²) in [5.74, 6) is -0.255. The van der Waals surface area contributed by atoms with Gasteiger partial charge in [-0.05, 0) is 44.0 Å². The van der Waals surface area contributed by atoms with Crippen LogP contribution in [0.2, 0.25) is 0 Å². The molecule has 0 bridgehead atoms. The van der Waals surface area contributed by atoms with Crippen LogP contribution in [0.3, 0.4) is 0 Å².